The molecule has 1 nitrogen and oxygen atoms in total. The van der Waals surface area contributed by atoms with E-state index in [2.05, 4.69) is 0 Å². The Morgan fingerprint density at radius 1 is 1.21 bits per heavy atom. The number of hydrogen-bond acceptors (Lipinski definition) is 1. The van der Waals surface area contributed by atoms with E-state index in [0.717, 1.165) is 12.7 Å². The molecule has 3 heteroatoms. The van der Waals surface area contributed by atoms with E-state index in [1.54, 1.807) is 0 Å². The maximum absolute atomic E-state index is 12.6. The maximum atomic E-state index is 12.6. The van der Waals surface area contributed by atoms with Crippen LogP contribution in [-0.2, 0) is 10.5 Å². The van der Waals surface area contributed by atoms with Gasteiger partial charge in [0.2, 0.25) is 0 Å². The molecule has 0 amide bonds. The van der Waals surface area contributed by atoms with Crippen LogP contribution in [0.15, 0.2) is 24.3 Å². The van der Waals surface area contributed by atoms with Gasteiger partial charge in [-0.05, 0) is 36.2 Å². The maximum Gasteiger partial charge on any atom is 0.181 e. The first-order valence-corrected chi connectivity index (χ1v) is 7.31. The zero-order valence-electron chi connectivity index (χ0n) is 8.21. The van der Waals surface area contributed by atoms with Crippen LogP contribution in [-0.4, -0.2) is 15.6 Å². The Morgan fingerprint density at radius 3 is 2.64 bits per heavy atom. The quantitative estimate of drug-likeness (QED) is 0.681. The van der Waals surface area contributed by atoms with Gasteiger partial charge in [-0.1, -0.05) is 18.6 Å². The molecule has 0 spiro atoms. The highest BCUT2D eigenvalue weighted by Crippen LogP contribution is 2.15. The van der Waals surface area contributed by atoms with Crippen molar-refractivity contribution in [2.75, 3.05) is 6.61 Å². The Labute approximate surface area is 85.6 Å². The van der Waals surface area contributed by atoms with E-state index in [1.165, 1.54) is 36.6 Å². The molecule has 1 heterocycles. The Hall–Kier alpha value is -0.673. The van der Waals surface area contributed by atoms with Crippen molar-refractivity contribution in [2.45, 2.75) is 24.9 Å². The van der Waals surface area contributed by atoms with Crippen molar-refractivity contribution in [3.8, 4) is 0 Å². The summed E-state index contributed by atoms with van der Waals surface area (Å²) in [5.74, 6) is -0.153. The summed E-state index contributed by atoms with van der Waals surface area (Å²) < 4.78 is 18.4. The van der Waals surface area contributed by atoms with Gasteiger partial charge >= 0.3 is 0 Å². The van der Waals surface area contributed by atoms with Gasteiger partial charge in [0.05, 0.1) is 0 Å². The number of rotatable bonds is 2. The highest BCUT2D eigenvalue weighted by atomic mass is 28.3. The molecule has 0 N–H and O–H groups in total. The van der Waals surface area contributed by atoms with Gasteiger partial charge in [0, 0.05) is 6.61 Å². The van der Waals surface area contributed by atoms with E-state index in [1.807, 2.05) is 12.1 Å². The van der Waals surface area contributed by atoms with E-state index in [-0.39, 0.29) is 5.82 Å². The minimum Gasteiger partial charge on any atom is -0.420 e. The number of benzene rings is 1. The van der Waals surface area contributed by atoms with Crippen LogP contribution >= 0.6 is 0 Å². The molecule has 1 saturated heterocycles. The summed E-state index contributed by atoms with van der Waals surface area (Å²) in [5, 5.41) is 0. The Morgan fingerprint density at radius 2 is 2.00 bits per heavy atom. The molecule has 0 aromatic heterocycles. The lowest BCUT2D eigenvalue weighted by atomic mass is 10.2. The highest BCUT2D eigenvalue weighted by molar-refractivity contribution is 6.51. The third-order valence-corrected chi connectivity index (χ3v) is 5.34. The van der Waals surface area contributed by atoms with Crippen LogP contribution in [0.25, 0.3) is 0 Å². The molecule has 0 aliphatic carbocycles. The molecular weight excluding hydrogens is 195 g/mol. The zero-order valence-corrected chi connectivity index (χ0v) is 9.36. The third-order valence-electron chi connectivity index (χ3n) is 2.65. The monoisotopic (exact) mass is 210 g/mol. The van der Waals surface area contributed by atoms with Crippen molar-refractivity contribution in [1.29, 1.82) is 0 Å². The van der Waals surface area contributed by atoms with Gasteiger partial charge in [-0.15, -0.1) is 0 Å². The molecule has 0 radical (unpaired) electrons. The smallest absolute Gasteiger partial charge is 0.181 e. The van der Waals surface area contributed by atoms with Crippen LogP contribution in [0.3, 0.4) is 0 Å². The fraction of sp³-hybridized carbons (Fsp3) is 0.455. The van der Waals surface area contributed by atoms with Gasteiger partial charge in [0.1, 0.15) is 5.82 Å². The molecule has 1 atom stereocenters. The molecule has 1 aromatic carbocycles. The van der Waals surface area contributed by atoms with Crippen LogP contribution in [0.1, 0.15) is 18.4 Å². The zero-order chi connectivity index (χ0) is 9.80. The van der Waals surface area contributed by atoms with E-state index in [9.17, 15) is 4.39 Å². The first-order chi connectivity index (χ1) is 6.84. The van der Waals surface area contributed by atoms with Gasteiger partial charge in [-0.3, -0.25) is 0 Å². The molecular formula is C11H15FOSi. The lowest BCUT2D eigenvalue weighted by molar-refractivity contribution is 0.286. The van der Waals surface area contributed by atoms with Gasteiger partial charge < -0.3 is 4.43 Å². The molecule has 14 heavy (non-hydrogen) atoms. The van der Waals surface area contributed by atoms with Gasteiger partial charge in [-0.25, -0.2) is 4.39 Å². The van der Waals surface area contributed by atoms with E-state index in [4.69, 9.17) is 4.43 Å². The summed E-state index contributed by atoms with van der Waals surface area (Å²) in [4.78, 5) is 0. The topological polar surface area (TPSA) is 9.23 Å². The fourth-order valence-electron chi connectivity index (χ4n) is 1.85. The van der Waals surface area contributed by atoms with Crippen LogP contribution in [0.2, 0.25) is 6.04 Å². The number of halogens is 1. The average Bonchev–Trinajstić information content (AvgIpc) is 2.23. The largest absolute Gasteiger partial charge is 0.420 e. The second-order valence-electron chi connectivity index (χ2n) is 3.82. The molecule has 1 aliphatic rings. The first kappa shape index (κ1) is 9.87. The fourth-order valence-corrected chi connectivity index (χ4v) is 4.38. The van der Waals surface area contributed by atoms with Crippen molar-refractivity contribution in [3.05, 3.63) is 35.6 Å². The highest BCUT2D eigenvalue weighted by Gasteiger charge is 2.16. The van der Waals surface area contributed by atoms with E-state index >= 15 is 0 Å². The summed E-state index contributed by atoms with van der Waals surface area (Å²) in [6.07, 6.45) is 2.53. The standard InChI is InChI=1S/C11H15FOSi/c12-11-5-3-10(4-6-11)9-14-8-2-1-7-13-14/h3-6,14H,1-2,7-9H2. The number of hydrogen-bond donors (Lipinski definition) is 0. The second-order valence-corrected chi connectivity index (χ2v) is 6.38. The van der Waals surface area contributed by atoms with Crippen LogP contribution < -0.4 is 0 Å². The summed E-state index contributed by atoms with van der Waals surface area (Å²) in [6.45, 7) is 0.943. The van der Waals surface area contributed by atoms with Gasteiger partial charge in [0.15, 0.2) is 9.04 Å². The summed E-state index contributed by atoms with van der Waals surface area (Å²) >= 11 is 0. The van der Waals surface area contributed by atoms with Gasteiger partial charge in [-0.2, -0.15) is 0 Å². The Kier molecular flexibility index (Phi) is 3.32. The molecule has 1 unspecified atom stereocenters. The molecule has 1 aromatic rings. The lowest BCUT2D eigenvalue weighted by Gasteiger charge is -2.20. The van der Waals surface area contributed by atoms with Gasteiger partial charge in [0.25, 0.3) is 0 Å². The average molecular weight is 210 g/mol. The van der Waals surface area contributed by atoms with Crippen molar-refractivity contribution < 1.29 is 8.82 Å². The predicted octanol–water partition coefficient (Wildman–Crippen LogP) is 2.44. The second kappa shape index (κ2) is 4.71. The third kappa shape index (κ3) is 2.66. The summed E-state index contributed by atoms with van der Waals surface area (Å²) in [7, 11) is -0.991. The summed E-state index contributed by atoms with van der Waals surface area (Å²) in [6, 6.07) is 9.15. The minimum absolute atomic E-state index is 0.153. The SMILES string of the molecule is Fc1ccc(C[SiH]2CCCCO2)cc1. The first-order valence-electron chi connectivity index (χ1n) is 5.20. The van der Waals surface area contributed by atoms with Crippen LogP contribution in [0.5, 0.6) is 0 Å². The van der Waals surface area contributed by atoms with Crippen molar-refractivity contribution in [3.63, 3.8) is 0 Å². The molecule has 76 valence electrons. The van der Waals surface area contributed by atoms with Crippen LogP contribution in [0.4, 0.5) is 4.39 Å². The normalized spacial score (nSPS) is 22.2. The lowest BCUT2D eigenvalue weighted by Crippen LogP contribution is -2.26. The minimum atomic E-state index is -0.991. The van der Waals surface area contributed by atoms with Crippen LogP contribution in [0, 0.1) is 5.82 Å². The molecule has 2 rings (SSSR count). The molecule has 0 bridgehead atoms. The predicted molar refractivity (Wildman–Crippen MR) is 57.2 cm³/mol. The molecule has 1 fully saturated rings. The van der Waals surface area contributed by atoms with Crippen molar-refractivity contribution in [2.24, 2.45) is 0 Å². The Balaban J connectivity index is 1.92. The van der Waals surface area contributed by atoms with E-state index in [0.29, 0.717) is 0 Å². The molecule has 1 aliphatic heterocycles. The van der Waals surface area contributed by atoms with Crippen molar-refractivity contribution in [1.82, 2.24) is 0 Å². The van der Waals surface area contributed by atoms with Crippen molar-refractivity contribution >= 4 is 9.04 Å². The van der Waals surface area contributed by atoms with E-state index < -0.39 is 9.04 Å². The summed E-state index contributed by atoms with van der Waals surface area (Å²) in [5.41, 5.74) is 1.23. The molecule has 0 saturated carbocycles. The Bertz CT molecular complexity index is 280.